The predicted octanol–water partition coefficient (Wildman–Crippen LogP) is 3.89. The van der Waals surface area contributed by atoms with Gasteiger partial charge in [0.25, 0.3) is 0 Å². The normalized spacial score (nSPS) is 10.4. The molecule has 0 bridgehead atoms. The maximum atomic E-state index is 5.86. The predicted molar refractivity (Wildman–Crippen MR) is 78.0 cm³/mol. The fourth-order valence-corrected chi connectivity index (χ4v) is 2.58. The van der Waals surface area contributed by atoms with E-state index in [1.165, 1.54) is 0 Å². The smallest absolute Gasteiger partial charge is 0.222 e. The van der Waals surface area contributed by atoms with Crippen molar-refractivity contribution < 1.29 is 9.47 Å². The third-order valence-corrected chi connectivity index (χ3v) is 3.62. The second-order valence-corrected chi connectivity index (χ2v) is 4.96. The van der Waals surface area contributed by atoms with E-state index in [9.17, 15) is 0 Å². The molecule has 0 aliphatic heterocycles. The molecule has 0 fully saturated rings. The van der Waals surface area contributed by atoms with Crippen LogP contribution in [0, 0.1) is 6.92 Å². The first-order valence-electron chi connectivity index (χ1n) is 5.48. The number of hydrogen-bond donors (Lipinski definition) is 0. The molecule has 0 aliphatic carbocycles. The van der Waals surface area contributed by atoms with Gasteiger partial charge in [-0.15, -0.1) is 0 Å². The Hall–Kier alpha value is -1.33. The van der Waals surface area contributed by atoms with Crippen LogP contribution < -0.4 is 9.47 Å². The van der Waals surface area contributed by atoms with Crippen LogP contribution in [0.3, 0.4) is 0 Å². The highest BCUT2D eigenvalue weighted by Gasteiger charge is 2.17. The molecule has 19 heavy (non-hydrogen) atoms. The lowest BCUT2D eigenvalue weighted by Crippen LogP contribution is -1.97. The Morgan fingerprint density at radius 1 is 1.21 bits per heavy atom. The molecule has 1 aromatic carbocycles. The van der Waals surface area contributed by atoms with Crippen LogP contribution in [0.25, 0.3) is 11.3 Å². The molecule has 0 atom stereocenters. The summed E-state index contributed by atoms with van der Waals surface area (Å²) >= 11 is 9.33. The number of aromatic nitrogens is 2. The summed E-state index contributed by atoms with van der Waals surface area (Å²) < 4.78 is 11.4. The fourth-order valence-electron chi connectivity index (χ4n) is 1.77. The SMILES string of the molecule is COc1ccc(-c2nc(Cl)ncc2C)c(OC)c1Br. The molecule has 6 heteroatoms. The summed E-state index contributed by atoms with van der Waals surface area (Å²) in [5.74, 6) is 1.34. The number of rotatable bonds is 3. The van der Waals surface area contributed by atoms with Crippen molar-refractivity contribution in [3.8, 4) is 22.8 Å². The second-order valence-electron chi connectivity index (χ2n) is 3.83. The van der Waals surface area contributed by atoms with Gasteiger partial charge in [-0.05, 0) is 52.2 Å². The van der Waals surface area contributed by atoms with Crippen molar-refractivity contribution in [2.24, 2.45) is 0 Å². The molecule has 1 heterocycles. The summed E-state index contributed by atoms with van der Waals surface area (Å²) in [6.45, 7) is 1.92. The van der Waals surface area contributed by atoms with Crippen LogP contribution in [0.4, 0.5) is 0 Å². The van der Waals surface area contributed by atoms with Crippen LogP contribution in [-0.4, -0.2) is 24.2 Å². The molecule has 0 spiro atoms. The summed E-state index contributed by atoms with van der Waals surface area (Å²) in [5.41, 5.74) is 2.48. The number of hydrogen-bond acceptors (Lipinski definition) is 4. The minimum absolute atomic E-state index is 0.203. The summed E-state index contributed by atoms with van der Waals surface area (Å²) in [4.78, 5) is 8.21. The Labute approximate surface area is 124 Å². The maximum absolute atomic E-state index is 5.86. The highest BCUT2D eigenvalue weighted by molar-refractivity contribution is 9.10. The highest BCUT2D eigenvalue weighted by Crippen LogP contribution is 2.42. The van der Waals surface area contributed by atoms with Gasteiger partial charge in [0.05, 0.1) is 19.9 Å². The number of methoxy groups -OCH3 is 2. The lowest BCUT2D eigenvalue weighted by atomic mass is 10.1. The van der Waals surface area contributed by atoms with Gasteiger partial charge in [-0.1, -0.05) is 0 Å². The van der Waals surface area contributed by atoms with Crippen molar-refractivity contribution in [1.29, 1.82) is 0 Å². The van der Waals surface area contributed by atoms with E-state index in [2.05, 4.69) is 25.9 Å². The van der Waals surface area contributed by atoms with Gasteiger partial charge in [-0.3, -0.25) is 0 Å². The first-order valence-corrected chi connectivity index (χ1v) is 6.65. The van der Waals surface area contributed by atoms with Gasteiger partial charge < -0.3 is 9.47 Å². The highest BCUT2D eigenvalue weighted by atomic mass is 79.9. The molecule has 0 unspecified atom stereocenters. The first kappa shape index (κ1) is 14.1. The molecule has 2 rings (SSSR count). The van der Waals surface area contributed by atoms with Crippen molar-refractivity contribution in [2.75, 3.05) is 14.2 Å². The quantitative estimate of drug-likeness (QED) is 0.793. The van der Waals surface area contributed by atoms with Crippen molar-refractivity contribution in [3.05, 3.63) is 33.6 Å². The van der Waals surface area contributed by atoms with E-state index in [0.717, 1.165) is 21.3 Å². The second kappa shape index (κ2) is 5.75. The largest absolute Gasteiger partial charge is 0.495 e. The Kier molecular flexibility index (Phi) is 4.27. The number of benzene rings is 1. The van der Waals surface area contributed by atoms with Gasteiger partial charge in [0.1, 0.15) is 16.0 Å². The fraction of sp³-hybridized carbons (Fsp3) is 0.231. The van der Waals surface area contributed by atoms with Crippen LogP contribution in [0.15, 0.2) is 22.8 Å². The third-order valence-electron chi connectivity index (χ3n) is 2.68. The molecule has 100 valence electrons. The van der Waals surface area contributed by atoms with Gasteiger partial charge in [0, 0.05) is 11.8 Å². The lowest BCUT2D eigenvalue weighted by molar-refractivity contribution is 0.390. The minimum Gasteiger partial charge on any atom is -0.495 e. The van der Waals surface area contributed by atoms with E-state index in [0.29, 0.717) is 11.5 Å². The molecule has 0 radical (unpaired) electrons. The Morgan fingerprint density at radius 2 is 1.95 bits per heavy atom. The van der Waals surface area contributed by atoms with E-state index in [-0.39, 0.29) is 5.28 Å². The average Bonchev–Trinajstić information content (AvgIpc) is 2.41. The molecule has 0 aliphatic rings. The van der Waals surface area contributed by atoms with E-state index in [1.807, 2.05) is 19.1 Å². The molecule has 2 aromatic rings. The molecule has 4 nitrogen and oxygen atoms in total. The van der Waals surface area contributed by atoms with E-state index in [1.54, 1.807) is 20.4 Å². The molecule has 0 amide bonds. The summed E-state index contributed by atoms with van der Waals surface area (Å²) in [7, 11) is 3.20. The number of nitrogens with zero attached hydrogens (tertiary/aromatic N) is 2. The minimum atomic E-state index is 0.203. The lowest BCUT2D eigenvalue weighted by Gasteiger charge is -2.14. The van der Waals surface area contributed by atoms with Gasteiger partial charge in [0.15, 0.2) is 0 Å². The van der Waals surface area contributed by atoms with Crippen molar-refractivity contribution in [1.82, 2.24) is 9.97 Å². The molecule has 0 N–H and O–H groups in total. The third kappa shape index (κ3) is 2.67. The monoisotopic (exact) mass is 342 g/mol. The van der Waals surface area contributed by atoms with Gasteiger partial charge in [-0.25, -0.2) is 9.97 Å². The van der Waals surface area contributed by atoms with Crippen LogP contribution in [0.1, 0.15) is 5.56 Å². The molecule has 1 aromatic heterocycles. The van der Waals surface area contributed by atoms with E-state index in [4.69, 9.17) is 21.1 Å². The van der Waals surface area contributed by atoms with E-state index < -0.39 is 0 Å². The molecule has 0 saturated heterocycles. The average molecular weight is 344 g/mol. The van der Waals surface area contributed by atoms with Crippen LogP contribution in [0.2, 0.25) is 5.28 Å². The summed E-state index contributed by atoms with van der Waals surface area (Å²) in [6.07, 6.45) is 1.68. The van der Waals surface area contributed by atoms with Crippen molar-refractivity contribution in [2.45, 2.75) is 6.92 Å². The molecular formula is C13H12BrClN2O2. The number of aryl methyl sites for hydroxylation is 1. The van der Waals surface area contributed by atoms with Crippen LogP contribution in [0.5, 0.6) is 11.5 Å². The first-order chi connectivity index (χ1) is 9.08. The van der Waals surface area contributed by atoms with Crippen molar-refractivity contribution >= 4 is 27.5 Å². The standard InChI is InChI=1S/C13H12BrClN2O2/c1-7-6-16-13(15)17-11(7)8-4-5-9(18-2)10(14)12(8)19-3/h4-6H,1-3H3. The zero-order chi connectivity index (χ0) is 14.0. The van der Waals surface area contributed by atoms with Crippen LogP contribution >= 0.6 is 27.5 Å². The zero-order valence-corrected chi connectivity index (χ0v) is 13.0. The van der Waals surface area contributed by atoms with E-state index >= 15 is 0 Å². The summed E-state index contributed by atoms with van der Waals surface area (Å²) in [5, 5.41) is 0.203. The van der Waals surface area contributed by atoms with Gasteiger partial charge >= 0.3 is 0 Å². The number of halogens is 2. The van der Waals surface area contributed by atoms with Gasteiger partial charge in [-0.2, -0.15) is 0 Å². The number of ether oxygens (including phenoxy) is 2. The Morgan fingerprint density at radius 3 is 2.58 bits per heavy atom. The zero-order valence-electron chi connectivity index (χ0n) is 10.7. The Balaban J connectivity index is 2.68. The summed E-state index contributed by atoms with van der Waals surface area (Å²) in [6, 6.07) is 3.73. The molecular weight excluding hydrogens is 332 g/mol. The molecule has 0 saturated carbocycles. The maximum Gasteiger partial charge on any atom is 0.222 e. The topological polar surface area (TPSA) is 44.2 Å². The van der Waals surface area contributed by atoms with Crippen molar-refractivity contribution in [3.63, 3.8) is 0 Å². The van der Waals surface area contributed by atoms with Gasteiger partial charge in [0.2, 0.25) is 5.28 Å². The van der Waals surface area contributed by atoms with Crippen LogP contribution in [-0.2, 0) is 0 Å². The Bertz CT molecular complexity index is 620.